The summed E-state index contributed by atoms with van der Waals surface area (Å²) < 4.78 is 13.0. The van der Waals surface area contributed by atoms with Crippen LogP contribution in [0.15, 0.2) is 24.3 Å². The normalized spacial score (nSPS) is 16.4. The number of amides is 2. The Balaban J connectivity index is 1.91. The average Bonchev–Trinajstić information content (AvgIpc) is 2.74. The van der Waals surface area contributed by atoms with E-state index < -0.39 is 0 Å². The molecule has 0 aromatic heterocycles. The second-order valence-electron chi connectivity index (χ2n) is 6.45. The molecular weight excluding hydrogens is 267 g/mol. The van der Waals surface area contributed by atoms with Crippen LogP contribution in [0.25, 0.3) is 0 Å². The first-order chi connectivity index (χ1) is 9.99. The van der Waals surface area contributed by atoms with Gasteiger partial charge in [0.2, 0.25) is 0 Å². The third-order valence-electron chi connectivity index (χ3n) is 4.20. The number of hydrogen-bond acceptors (Lipinski definition) is 1. The van der Waals surface area contributed by atoms with Crippen LogP contribution < -0.4 is 5.32 Å². The molecule has 0 aliphatic carbocycles. The third kappa shape index (κ3) is 4.45. The summed E-state index contributed by atoms with van der Waals surface area (Å²) in [5, 5.41) is 3.03. The summed E-state index contributed by atoms with van der Waals surface area (Å²) in [6.45, 7) is 6.37. The van der Waals surface area contributed by atoms with Crippen LogP contribution in [-0.4, -0.2) is 30.6 Å². The zero-order chi connectivity index (χ0) is 15.3. The van der Waals surface area contributed by atoms with Crippen molar-refractivity contribution in [3.8, 4) is 0 Å². The van der Waals surface area contributed by atoms with E-state index in [-0.39, 0.29) is 17.3 Å². The zero-order valence-electron chi connectivity index (χ0n) is 13.0. The minimum atomic E-state index is -0.233. The number of nitrogens with zero attached hydrogens (tertiary/aromatic N) is 1. The number of benzene rings is 1. The fraction of sp³-hybridized carbons (Fsp3) is 0.588. The molecule has 4 heteroatoms. The summed E-state index contributed by atoms with van der Waals surface area (Å²) >= 11 is 0. The molecule has 0 radical (unpaired) electrons. The molecule has 2 rings (SSSR count). The Hall–Kier alpha value is -1.58. The molecule has 116 valence electrons. The monoisotopic (exact) mass is 292 g/mol. The Labute approximate surface area is 126 Å². The van der Waals surface area contributed by atoms with Crippen molar-refractivity contribution in [2.45, 2.75) is 44.9 Å². The highest BCUT2D eigenvalue weighted by Crippen LogP contribution is 2.22. The molecule has 0 spiro atoms. The highest BCUT2D eigenvalue weighted by Gasteiger charge is 2.23. The van der Waals surface area contributed by atoms with Gasteiger partial charge in [-0.2, -0.15) is 0 Å². The number of carbonyl (C=O) groups excluding carboxylic acids is 1. The van der Waals surface area contributed by atoms with E-state index in [2.05, 4.69) is 19.2 Å². The molecule has 1 heterocycles. The Morgan fingerprint density at radius 2 is 1.71 bits per heavy atom. The standard InChI is InChI=1S/C17H25FN2O/c1-17(2,14-7-9-15(18)10-8-14)13-19-16(21)20-11-5-3-4-6-12-20/h7-10H,3-6,11-13H2,1-2H3,(H,19,21). The number of nitrogens with one attached hydrogen (secondary N) is 1. The number of likely N-dealkylation sites (tertiary alicyclic amines) is 1. The second-order valence-corrected chi connectivity index (χ2v) is 6.45. The Morgan fingerprint density at radius 3 is 2.29 bits per heavy atom. The maximum absolute atomic E-state index is 13.0. The van der Waals surface area contributed by atoms with E-state index in [1.807, 2.05) is 4.90 Å². The Morgan fingerprint density at radius 1 is 1.14 bits per heavy atom. The smallest absolute Gasteiger partial charge is 0.317 e. The predicted molar refractivity (Wildman–Crippen MR) is 82.9 cm³/mol. The van der Waals surface area contributed by atoms with Gasteiger partial charge in [0.15, 0.2) is 0 Å². The molecular formula is C17H25FN2O. The fourth-order valence-corrected chi connectivity index (χ4v) is 2.69. The molecule has 2 amide bonds. The summed E-state index contributed by atoms with van der Waals surface area (Å²) in [7, 11) is 0. The molecule has 0 bridgehead atoms. The van der Waals surface area contributed by atoms with Gasteiger partial charge >= 0.3 is 6.03 Å². The van der Waals surface area contributed by atoms with Crippen LogP contribution in [0.3, 0.4) is 0 Å². The van der Waals surface area contributed by atoms with Gasteiger partial charge in [-0.15, -0.1) is 0 Å². The Bertz CT molecular complexity index is 462. The van der Waals surface area contributed by atoms with Gasteiger partial charge < -0.3 is 10.2 Å². The van der Waals surface area contributed by atoms with Crippen LogP contribution in [0.2, 0.25) is 0 Å². The van der Waals surface area contributed by atoms with Gasteiger partial charge in [-0.3, -0.25) is 0 Å². The average molecular weight is 292 g/mol. The van der Waals surface area contributed by atoms with Crippen molar-refractivity contribution in [2.24, 2.45) is 0 Å². The molecule has 1 aliphatic rings. The molecule has 0 unspecified atom stereocenters. The summed E-state index contributed by atoms with van der Waals surface area (Å²) in [4.78, 5) is 14.1. The largest absolute Gasteiger partial charge is 0.337 e. The van der Waals surface area contributed by atoms with E-state index in [4.69, 9.17) is 0 Å². The Kier molecular flexibility index (Phi) is 5.21. The van der Waals surface area contributed by atoms with Crippen molar-refractivity contribution in [3.63, 3.8) is 0 Å². The maximum atomic E-state index is 13.0. The van der Waals surface area contributed by atoms with E-state index in [1.54, 1.807) is 12.1 Å². The quantitative estimate of drug-likeness (QED) is 0.905. The van der Waals surface area contributed by atoms with E-state index in [0.29, 0.717) is 6.54 Å². The van der Waals surface area contributed by atoms with Crippen LogP contribution in [0.1, 0.15) is 45.1 Å². The lowest BCUT2D eigenvalue weighted by Crippen LogP contribution is -2.45. The molecule has 0 atom stereocenters. The number of hydrogen-bond donors (Lipinski definition) is 1. The van der Waals surface area contributed by atoms with Crippen molar-refractivity contribution < 1.29 is 9.18 Å². The van der Waals surface area contributed by atoms with E-state index >= 15 is 0 Å². The predicted octanol–water partition coefficient (Wildman–Crippen LogP) is 3.69. The lowest BCUT2D eigenvalue weighted by molar-refractivity contribution is 0.197. The summed E-state index contributed by atoms with van der Waals surface area (Å²) in [6.07, 6.45) is 4.61. The summed E-state index contributed by atoms with van der Waals surface area (Å²) in [5.74, 6) is -0.233. The second kappa shape index (κ2) is 6.92. The number of rotatable bonds is 3. The number of urea groups is 1. The van der Waals surface area contributed by atoms with Gasteiger partial charge in [-0.05, 0) is 30.5 Å². The molecule has 1 fully saturated rings. The molecule has 1 saturated heterocycles. The minimum Gasteiger partial charge on any atom is -0.337 e. The summed E-state index contributed by atoms with van der Waals surface area (Å²) in [6, 6.07) is 6.52. The lowest BCUT2D eigenvalue weighted by atomic mass is 9.84. The van der Waals surface area contributed by atoms with Crippen molar-refractivity contribution in [1.82, 2.24) is 10.2 Å². The molecule has 1 aliphatic heterocycles. The van der Waals surface area contributed by atoms with Crippen LogP contribution >= 0.6 is 0 Å². The summed E-state index contributed by atoms with van der Waals surface area (Å²) in [5.41, 5.74) is 0.815. The van der Waals surface area contributed by atoms with Gasteiger partial charge in [0.25, 0.3) is 0 Å². The van der Waals surface area contributed by atoms with E-state index in [1.165, 1.54) is 25.0 Å². The fourth-order valence-electron chi connectivity index (χ4n) is 2.69. The van der Waals surface area contributed by atoms with Crippen LogP contribution in [0.5, 0.6) is 0 Å². The third-order valence-corrected chi connectivity index (χ3v) is 4.20. The minimum absolute atomic E-state index is 0.0205. The molecule has 21 heavy (non-hydrogen) atoms. The molecule has 1 N–H and O–H groups in total. The first-order valence-corrected chi connectivity index (χ1v) is 7.78. The molecule has 3 nitrogen and oxygen atoms in total. The van der Waals surface area contributed by atoms with Gasteiger partial charge in [-0.1, -0.05) is 38.8 Å². The first-order valence-electron chi connectivity index (χ1n) is 7.78. The van der Waals surface area contributed by atoms with Crippen LogP contribution in [0.4, 0.5) is 9.18 Å². The highest BCUT2D eigenvalue weighted by molar-refractivity contribution is 5.74. The van der Waals surface area contributed by atoms with Crippen molar-refractivity contribution >= 4 is 6.03 Å². The van der Waals surface area contributed by atoms with Gasteiger partial charge in [0.05, 0.1) is 0 Å². The van der Waals surface area contributed by atoms with E-state index in [9.17, 15) is 9.18 Å². The zero-order valence-corrected chi connectivity index (χ0v) is 13.0. The van der Waals surface area contributed by atoms with Gasteiger partial charge in [0.1, 0.15) is 5.82 Å². The van der Waals surface area contributed by atoms with Gasteiger partial charge in [0, 0.05) is 25.0 Å². The lowest BCUT2D eigenvalue weighted by Gasteiger charge is -2.28. The first kappa shape index (κ1) is 15.8. The number of halogens is 1. The van der Waals surface area contributed by atoms with Crippen molar-refractivity contribution in [2.75, 3.05) is 19.6 Å². The van der Waals surface area contributed by atoms with Crippen molar-refractivity contribution in [1.29, 1.82) is 0 Å². The number of carbonyl (C=O) groups is 1. The molecule has 1 aromatic carbocycles. The maximum Gasteiger partial charge on any atom is 0.317 e. The van der Waals surface area contributed by atoms with Crippen molar-refractivity contribution in [3.05, 3.63) is 35.6 Å². The topological polar surface area (TPSA) is 32.3 Å². The molecule has 1 aromatic rings. The van der Waals surface area contributed by atoms with Crippen LogP contribution in [-0.2, 0) is 5.41 Å². The highest BCUT2D eigenvalue weighted by atomic mass is 19.1. The van der Waals surface area contributed by atoms with Crippen LogP contribution in [0, 0.1) is 5.82 Å². The van der Waals surface area contributed by atoms with Gasteiger partial charge in [-0.25, -0.2) is 9.18 Å². The van der Waals surface area contributed by atoms with E-state index in [0.717, 1.165) is 31.5 Å². The molecule has 0 saturated carbocycles. The SMILES string of the molecule is CC(C)(CNC(=O)N1CCCCCC1)c1ccc(F)cc1.